The molecule has 0 saturated heterocycles. The topological polar surface area (TPSA) is 74.5 Å². The van der Waals surface area contributed by atoms with Crippen molar-refractivity contribution in [2.75, 3.05) is 5.32 Å². The molecule has 3 aromatic rings. The summed E-state index contributed by atoms with van der Waals surface area (Å²) >= 11 is 6.17. The number of nitrogens with zero attached hydrogens (tertiary/aromatic N) is 4. The lowest BCUT2D eigenvalue weighted by Crippen LogP contribution is -1.99. The van der Waals surface area contributed by atoms with E-state index in [0.717, 1.165) is 22.2 Å². The molecular formula is C15H10ClN5. The van der Waals surface area contributed by atoms with Gasteiger partial charge in [-0.3, -0.25) is 4.98 Å². The maximum Gasteiger partial charge on any atom is 0.229 e. The largest absolute Gasteiger partial charge is 0.324 e. The SMILES string of the molecule is Cc1cncc2c(Cl)nc(Nc3ccc(C#N)cc3)nc12. The lowest BCUT2D eigenvalue weighted by molar-refractivity contribution is 1.18. The number of hydrogen-bond donors (Lipinski definition) is 1. The highest BCUT2D eigenvalue weighted by Crippen LogP contribution is 2.24. The number of pyridine rings is 1. The van der Waals surface area contributed by atoms with E-state index < -0.39 is 0 Å². The van der Waals surface area contributed by atoms with Crippen LogP contribution in [0.3, 0.4) is 0 Å². The van der Waals surface area contributed by atoms with Gasteiger partial charge < -0.3 is 5.32 Å². The molecule has 0 atom stereocenters. The molecule has 5 nitrogen and oxygen atoms in total. The molecule has 0 bridgehead atoms. The van der Waals surface area contributed by atoms with Gasteiger partial charge in [0.1, 0.15) is 5.15 Å². The third kappa shape index (κ3) is 2.62. The van der Waals surface area contributed by atoms with Crippen LogP contribution in [-0.2, 0) is 0 Å². The second kappa shape index (κ2) is 5.35. The predicted molar refractivity (Wildman–Crippen MR) is 81.5 cm³/mol. The Hall–Kier alpha value is -2.71. The van der Waals surface area contributed by atoms with Crippen molar-refractivity contribution < 1.29 is 0 Å². The maximum atomic E-state index is 8.79. The fourth-order valence-corrected chi connectivity index (χ4v) is 2.17. The van der Waals surface area contributed by atoms with Crippen LogP contribution in [0.4, 0.5) is 11.6 Å². The Morgan fingerprint density at radius 2 is 1.90 bits per heavy atom. The van der Waals surface area contributed by atoms with E-state index in [9.17, 15) is 0 Å². The first-order valence-electron chi connectivity index (χ1n) is 6.22. The Kier molecular flexibility index (Phi) is 3.38. The van der Waals surface area contributed by atoms with Gasteiger partial charge in [-0.05, 0) is 36.8 Å². The number of rotatable bonds is 2. The molecule has 102 valence electrons. The second-order valence-electron chi connectivity index (χ2n) is 4.50. The minimum absolute atomic E-state index is 0.354. The van der Waals surface area contributed by atoms with Crippen molar-refractivity contribution in [3.63, 3.8) is 0 Å². The van der Waals surface area contributed by atoms with Crippen LogP contribution < -0.4 is 5.32 Å². The number of benzene rings is 1. The highest BCUT2D eigenvalue weighted by Gasteiger charge is 2.08. The van der Waals surface area contributed by atoms with Crippen molar-refractivity contribution >= 4 is 34.1 Å². The zero-order valence-corrected chi connectivity index (χ0v) is 11.9. The van der Waals surface area contributed by atoms with Gasteiger partial charge in [0.2, 0.25) is 5.95 Å². The van der Waals surface area contributed by atoms with Crippen LogP contribution in [0, 0.1) is 18.3 Å². The fraction of sp³-hybridized carbons (Fsp3) is 0.0667. The van der Waals surface area contributed by atoms with Crippen molar-refractivity contribution in [3.8, 4) is 6.07 Å². The molecule has 0 saturated carbocycles. The number of nitriles is 1. The Labute approximate surface area is 126 Å². The van der Waals surface area contributed by atoms with Crippen molar-refractivity contribution in [2.45, 2.75) is 6.92 Å². The monoisotopic (exact) mass is 295 g/mol. The Balaban J connectivity index is 2.00. The summed E-state index contributed by atoms with van der Waals surface area (Å²) in [5, 5.41) is 12.9. The second-order valence-corrected chi connectivity index (χ2v) is 4.86. The minimum atomic E-state index is 0.354. The fourth-order valence-electron chi connectivity index (χ4n) is 1.95. The Morgan fingerprint density at radius 3 is 2.62 bits per heavy atom. The van der Waals surface area contributed by atoms with Crippen molar-refractivity contribution in [2.24, 2.45) is 0 Å². The molecule has 6 heteroatoms. The molecule has 21 heavy (non-hydrogen) atoms. The molecule has 0 unspecified atom stereocenters. The third-order valence-electron chi connectivity index (χ3n) is 3.01. The summed E-state index contributed by atoms with van der Waals surface area (Å²) in [5.74, 6) is 0.409. The first kappa shape index (κ1) is 13.3. The number of aryl methyl sites for hydroxylation is 1. The van der Waals surface area contributed by atoms with Crippen LogP contribution in [0.2, 0.25) is 5.15 Å². The van der Waals surface area contributed by atoms with Gasteiger partial charge in [0, 0.05) is 18.1 Å². The van der Waals surface area contributed by atoms with Gasteiger partial charge in [0.15, 0.2) is 0 Å². The van der Waals surface area contributed by atoms with Crippen LogP contribution in [0.15, 0.2) is 36.7 Å². The van der Waals surface area contributed by atoms with Crippen molar-refractivity contribution in [1.82, 2.24) is 15.0 Å². The van der Waals surface area contributed by atoms with E-state index >= 15 is 0 Å². The van der Waals surface area contributed by atoms with Gasteiger partial charge >= 0.3 is 0 Å². The summed E-state index contributed by atoms with van der Waals surface area (Å²) in [5.41, 5.74) is 3.08. The molecule has 1 N–H and O–H groups in total. The maximum absolute atomic E-state index is 8.79. The summed E-state index contributed by atoms with van der Waals surface area (Å²) in [6.07, 6.45) is 3.38. The summed E-state index contributed by atoms with van der Waals surface area (Å²) < 4.78 is 0. The summed E-state index contributed by atoms with van der Waals surface area (Å²) in [6.45, 7) is 1.92. The van der Waals surface area contributed by atoms with E-state index in [0.29, 0.717) is 16.7 Å². The average molecular weight is 296 g/mol. The summed E-state index contributed by atoms with van der Waals surface area (Å²) in [7, 11) is 0. The quantitative estimate of drug-likeness (QED) is 0.731. The van der Waals surface area contributed by atoms with Gasteiger partial charge in [0.25, 0.3) is 0 Å². The summed E-state index contributed by atoms with van der Waals surface area (Å²) in [6, 6.07) is 9.10. The molecule has 2 heterocycles. The van der Waals surface area contributed by atoms with E-state index in [2.05, 4.69) is 26.3 Å². The molecule has 0 aliphatic rings. The molecule has 0 spiro atoms. The lowest BCUT2D eigenvalue weighted by Gasteiger charge is -2.08. The van der Waals surface area contributed by atoms with Gasteiger partial charge in [-0.2, -0.15) is 5.26 Å². The smallest absolute Gasteiger partial charge is 0.229 e. The van der Waals surface area contributed by atoms with Gasteiger partial charge in [0.05, 0.1) is 22.5 Å². The van der Waals surface area contributed by atoms with E-state index in [1.165, 1.54) is 0 Å². The molecule has 3 rings (SSSR count). The number of fused-ring (bicyclic) bond motifs is 1. The van der Waals surface area contributed by atoms with Crippen LogP contribution in [0.25, 0.3) is 10.9 Å². The predicted octanol–water partition coefficient (Wildman–Crippen LogP) is 3.60. The molecule has 0 amide bonds. The van der Waals surface area contributed by atoms with Gasteiger partial charge in [-0.25, -0.2) is 9.97 Å². The molecule has 0 aliphatic carbocycles. The zero-order valence-electron chi connectivity index (χ0n) is 11.1. The first-order chi connectivity index (χ1) is 10.2. The van der Waals surface area contributed by atoms with Crippen molar-refractivity contribution in [1.29, 1.82) is 5.26 Å². The van der Waals surface area contributed by atoms with E-state index in [1.54, 1.807) is 36.7 Å². The molecule has 1 aromatic carbocycles. The molecular weight excluding hydrogens is 286 g/mol. The highest BCUT2D eigenvalue weighted by atomic mass is 35.5. The van der Waals surface area contributed by atoms with Crippen LogP contribution >= 0.6 is 11.6 Å². The van der Waals surface area contributed by atoms with Gasteiger partial charge in [-0.15, -0.1) is 0 Å². The first-order valence-corrected chi connectivity index (χ1v) is 6.60. The van der Waals surface area contributed by atoms with E-state index in [-0.39, 0.29) is 0 Å². The molecule has 0 aliphatic heterocycles. The average Bonchev–Trinajstić information content (AvgIpc) is 2.49. The van der Waals surface area contributed by atoms with Crippen molar-refractivity contribution in [3.05, 3.63) is 52.9 Å². The number of nitrogens with one attached hydrogen (secondary N) is 1. The van der Waals surface area contributed by atoms with Crippen LogP contribution in [-0.4, -0.2) is 15.0 Å². The number of halogens is 1. The Morgan fingerprint density at radius 1 is 1.14 bits per heavy atom. The minimum Gasteiger partial charge on any atom is -0.324 e. The lowest BCUT2D eigenvalue weighted by atomic mass is 10.2. The molecule has 2 aromatic heterocycles. The standard InChI is InChI=1S/C15H10ClN5/c1-9-7-18-8-12-13(9)20-15(21-14(12)16)19-11-4-2-10(6-17)3-5-11/h2-5,7-8H,1H3,(H,19,20,21). The normalized spacial score (nSPS) is 10.3. The van der Waals surface area contributed by atoms with Crippen LogP contribution in [0.1, 0.15) is 11.1 Å². The number of anilines is 2. The number of aromatic nitrogens is 3. The highest BCUT2D eigenvalue weighted by molar-refractivity contribution is 6.34. The van der Waals surface area contributed by atoms with Gasteiger partial charge in [-0.1, -0.05) is 11.6 Å². The van der Waals surface area contributed by atoms with E-state index in [4.69, 9.17) is 16.9 Å². The van der Waals surface area contributed by atoms with E-state index in [1.807, 2.05) is 6.92 Å². The molecule has 0 radical (unpaired) electrons. The molecule has 0 fully saturated rings. The summed E-state index contributed by atoms with van der Waals surface area (Å²) in [4.78, 5) is 12.8. The third-order valence-corrected chi connectivity index (χ3v) is 3.30. The zero-order chi connectivity index (χ0) is 14.8. The van der Waals surface area contributed by atoms with Crippen LogP contribution in [0.5, 0.6) is 0 Å². The Bertz CT molecular complexity index is 852. The number of hydrogen-bond acceptors (Lipinski definition) is 5.